The Hall–Kier alpha value is -3.06. The van der Waals surface area contributed by atoms with Crippen molar-refractivity contribution in [2.24, 2.45) is 5.92 Å². The summed E-state index contributed by atoms with van der Waals surface area (Å²) in [4.78, 5) is 26.4. The van der Waals surface area contributed by atoms with Crippen molar-refractivity contribution in [2.75, 3.05) is 44.5 Å². The van der Waals surface area contributed by atoms with Gasteiger partial charge in [0.1, 0.15) is 11.5 Å². The summed E-state index contributed by atoms with van der Waals surface area (Å²) < 4.78 is 10.9. The molecule has 7 nitrogen and oxygen atoms in total. The Balaban J connectivity index is 1.72. The van der Waals surface area contributed by atoms with E-state index in [1.54, 1.807) is 36.4 Å². The number of hydrogen-bond acceptors (Lipinski definition) is 4. The van der Waals surface area contributed by atoms with Gasteiger partial charge in [0.05, 0.1) is 38.7 Å². The summed E-state index contributed by atoms with van der Waals surface area (Å²) in [7, 11) is 3.04. The Bertz CT molecular complexity index is 878. The van der Waals surface area contributed by atoms with Crippen LogP contribution >= 0.6 is 0 Å². The Morgan fingerprint density at radius 2 is 1.53 bits per heavy atom. The van der Waals surface area contributed by atoms with Gasteiger partial charge in [-0.15, -0.1) is 0 Å². The van der Waals surface area contributed by atoms with Crippen LogP contribution in [0.15, 0.2) is 42.5 Å². The fraction of sp³-hybridized carbons (Fsp3) is 0.391. The molecule has 1 saturated heterocycles. The Labute approximate surface area is 177 Å². The molecular weight excluding hydrogens is 382 g/mol. The van der Waals surface area contributed by atoms with E-state index in [2.05, 4.69) is 17.6 Å². The van der Waals surface area contributed by atoms with Crippen LogP contribution in [-0.4, -0.2) is 45.7 Å². The maximum absolute atomic E-state index is 12.6. The predicted molar refractivity (Wildman–Crippen MR) is 117 cm³/mol. The number of piperidine rings is 1. The topological polar surface area (TPSA) is 81.1 Å². The lowest BCUT2D eigenvalue weighted by molar-refractivity contribution is -0.897. The molecule has 0 atom stereocenters. The molecule has 0 aliphatic carbocycles. The molecule has 1 aliphatic rings. The summed E-state index contributed by atoms with van der Waals surface area (Å²) in [6, 6.07) is 12.3. The molecule has 160 valence electrons. The van der Waals surface area contributed by atoms with Crippen LogP contribution in [0.25, 0.3) is 0 Å². The lowest BCUT2D eigenvalue weighted by atomic mass is 9.99. The number of rotatable bonds is 7. The zero-order valence-electron chi connectivity index (χ0n) is 17.8. The van der Waals surface area contributed by atoms with Crippen LogP contribution in [0.1, 0.15) is 30.1 Å². The normalized spacial score (nSPS) is 18.4. The average Bonchev–Trinajstić information content (AvgIpc) is 2.76. The van der Waals surface area contributed by atoms with Crippen LogP contribution in [0, 0.1) is 5.92 Å². The first kappa shape index (κ1) is 21.6. The summed E-state index contributed by atoms with van der Waals surface area (Å²) in [5.74, 6) is 1.31. The lowest BCUT2D eigenvalue weighted by Gasteiger charge is -2.26. The van der Waals surface area contributed by atoms with E-state index >= 15 is 0 Å². The minimum atomic E-state index is -0.254. The quantitative estimate of drug-likeness (QED) is 0.651. The third kappa shape index (κ3) is 5.51. The highest BCUT2D eigenvalue weighted by atomic mass is 16.5. The smallest absolute Gasteiger partial charge is 0.279 e. The van der Waals surface area contributed by atoms with Gasteiger partial charge in [-0.2, -0.15) is 0 Å². The van der Waals surface area contributed by atoms with Gasteiger partial charge in [0.25, 0.3) is 11.8 Å². The van der Waals surface area contributed by atoms with Crippen molar-refractivity contribution in [3.05, 3.63) is 48.0 Å². The number of nitrogens with one attached hydrogen (secondary N) is 3. The molecule has 0 saturated carbocycles. The van der Waals surface area contributed by atoms with Gasteiger partial charge in [0, 0.05) is 17.7 Å². The van der Waals surface area contributed by atoms with Crippen molar-refractivity contribution in [3.63, 3.8) is 0 Å². The largest absolute Gasteiger partial charge is 0.494 e. The van der Waals surface area contributed by atoms with Crippen molar-refractivity contribution >= 4 is 23.2 Å². The molecule has 0 spiro atoms. The minimum Gasteiger partial charge on any atom is -0.494 e. The number of quaternary nitrogens is 1. The van der Waals surface area contributed by atoms with E-state index in [0.29, 0.717) is 35.0 Å². The van der Waals surface area contributed by atoms with Crippen LogP contribution in [-0.2, 0) is 4.79 Å². The summed E-state index contributed by atoms with van der Waals surface area (Å²) in [5.41, 5.74) is 1.52. The standard InChI is InChI=1S/C23H29N3O4/c1-16-9-11-26(12-10-16)15-22(27)24-18-13-21(30-3)19(14-20(18)29-2)25-23(28)17-7-5-4-6-8-17/h4-8,13-14,16H,9-12,15H2,1-3H3,(H,24,27)(H,25,28)/p+1. The number of carbonyl (C=O) groups excluding carboxylic acids is 2. The monoisotopic (exact) mass is 412 g/mol. The van der Waals surface area contributed by atoms with E-state index in [-0.39, 0.29) is 11.8 Å². The highest BCUT2D eigenvalue weighted by Crippen LogP contribution is 2.36. The van der Waals surface area contributed by atoms with E-state index < -0.39 is 0 Å². The molecule has 2 aromatic rings. The third-order valence-corrected chi connectivity index (χ3v) is 5.47. The number of benzene rings is 2. The molecule has 0 radical (unpaired) electrons. The highest BCUT2D eigenvalue weighted by molar-refractivity contribution is 6.05. The number of methoxy groups -OCH3 is 2. The Kier molecular flexibility index (Phi) is 7.30. The zero-order chi connectivity index (χ0) is 21.5. The van der Waals surface area contributed by atoms with E-state index in [4.69, 9.17) is 9.47 Å². The number of carbonyl (C=O) groups is 2. The zero-order valence-corrected chi connectivity index (χ0v) is 17.8. The second-order valence-corrected chi connectivity index (χ2v) is 7.73. The Morgan fingerprint density at radius 1 is 0.967 bits per heavy atom. The molecule has 2 aromatic carbocycles. The van der Waals surface area contributed by atoms with Gasteiger partial charge in [-0.25, -0.2) is 0 Å². The van der Waals surface area contributed by atoms with E-state index in [9.17, 15) is 9.59 Å². The van der Waals surface area contributed by atoms with Crippen LogP contribution < -0.4 is 25.0 Å². The van der Waals surface area contributed by atoms with E-state index in [1.807, 2.05) is 6.07 Å². The maximum atomic E-state index is 12.6. The Morgan fingerprint density at radius 3 is 2.10 bits per heavy atom. The van der Waals surface area contributed by atoms with E-state index in [1.165, 1.54) is 19.1 Å². The molecule has 0 unspecified atom stereocenters. The first-order chi connectivity index (χ1) is 14.5. The number of anilines is 2. The van der Waals surface area contributed by atoms with Crippen LogP contribution in [0.3, 0.4) is 0 Å². The average molecular weight is 413 g/mol. The summed E-state index contributed by atoms with van der Waals surface area (Å²) in [6.45, 7) is 4.70. The van der Waals surface area contributed by atoms with E-state index in [0.717, 1.165) is 31.8 Å². The lowest BCUT2D eigenvalue weighted by Crippen LogP contribution is -3.14. The molecule has 0 aromatic heterocycles. The van der Waals surface area contributed by atoms with Crippen LogP contribution in [0.5, 0.6) is 11.5 Å². The van der Waals surface area contributed by atoms with Crippen molar-refractivity contribution in [3.8, 4) is 11.5 Å². The predicted octanol–water partition coefficient (Wildman–Crippen LogP) is 2.21. The van der Waals surface area contributed by atoms with Crippen molar-refractivity contribution in [1.29, 1.82) is 0 Å². The number of amides is 2. The molecule has 7 heteroatoms. The van der Waals surface area contributed by atoms with Gasteiger partial charge in [0.2, 0.25) is 0 Å². The number of likely N-dealkylation sites (tertiary alicyclic amines) is 1. The molecule has 3 N–H and O–H groups in total. The third-order valence-electron chi connectivity index (χ3n) is 5.47. The van der Waals surface area contributed by atoms with Gasteiger partial charge >= 0.3 is 0 Å². The summed E-state index contributed by atoms with van der Waals surface area (Å²) in [6.07, 6.45) is 2.30. The molecule has 1 heterocycles. The SMILES string of the molecule is COc1cc(NC(=O)c2ccccc2)c(OC)cc1NC(=O)C[NH+]1CCC(C)CC1. The molecule has 2 amide bonds. The molecule has 1 aliphatic heterocycles. The molecule has 30 heavy (non-hydrogen) atoms. The maximum Gasteiger partial charge on any atom is 0.279 e. The van der Waals surface area contributed by atoms with Crippen LogP contribution in [0.4, 0.5) is 11.4 Å². The van der Waals surface area contributed by atoms with Crippen molar-refractivity contribution in [2.45, 2.75) is 19.8 Å². The second kappa shape index (κ2) is 10.1. The highest BCUT2D eigenvalue weighted by Gasteiger charge is 2.22. The fourth-order valence-corrected chi connectivity index (χ4v) is 3.65. The number of ether oxygens (including phenoxy) is 2. The van der Waals surface area contributed by atoms with Crippen LogP contribution in [0.2, 0.25) is 0 Å². The first-order valence-corrected chi connectivity index (χ1v) is 10.3. The molecule has 3 rings (SSSR count). The van der Waals surface area contributed by atoms with Gasteiger partial charge in [-0.3, -0.25) is 9.59 Å². The number of hydrogen-bond donors (Lipinski definition) is 3. The van der Waals surface area contributed by atoms with Gasteiger partial charge in [0.15, 0.2) is 6.54 Å². The molecule has 0 bridgehead atoms. The van der Waals surface area contributed by atoms with Gasteiger partial charge in [-0.1, -0.05) is 25.1 Å². The summed E-state index contributed by atoms with van der Waals surface area (Å²) >= 11 is 0. The van der Waals surface area contributed by atoms with Crippen molar-refractivity contribution in [1.82, 2.24) is 0 Å². The first-order valence-electron chi connectivity index (χ1n) is 10.3. The van der Waals surface area contributed by atoms with Gasteiger partial charge < -0.3 is 25.0 Å². The minimum absolute atomic E-state index is 0.0685. The van der Waals surface area contributed by atoms with Crippen molar-refractivity contribution < 1.29 is 24.0 Å². The summed E-state index contributed by atoms with van der Waals surface area (Å²) in [5, 5.41) is 5.77. The molecular formula is C23H30N3O4+. The molecule has 1 fully saturated rings. The van der Waals surface area contributed by atoms with Gasteiger partial charge in [-0.05, 0) is 30.9 Å². The second-order valence-electron chi connectivity index (χ2n) is 7.73. The fourth-order valence-electron chi connectivity index (χ4n) is 3.65.